The Labute approximate surface area is 118 Å². The van der Waals surface area contributed by atoms with Gasteiger partial charge in [0.15, 0.2) is 11.6 Å². The highest BCUT2D eigenvalue weighted by Gasteiger charge is 2.16. The molecular weight excluding hydrogens is 255 g/mol. The lowest BCUT2D eigenvalue weighted by Crippen LogP contribution is -2.09. The van der Waals surface area contributed by atoms with Gasteiger partial charge in [0.25, 0.3) is 0 Å². The van der Waals surface area contributed by atoms with E-state index in [9.17, 15) is 9.50 Å². The molecule has 0 aliphatic rings. The van der Waals surface area contributed by atoms with Crippen molar-refractivity contribution in [3.63, 3.8) is 0 Å². The van der Waals surface area contributed by atoms with Crippen LogP contribution < -0.4 is 4.74 Å². The van der Waals surface area contributed by atoms with Crippen molar-refractivity contribution in [3.8, 4) is 5.75 Å². The fourth-order valence-corrected chi connectivity index (χ4v) is 2.35. The summed E-state index contributed by atoms with van der Waals surface area (Å²) in [4.78, 5) is 0. The van der Waals surface area contributed by atoms with Gasteiger partial charge in [0.2, 0.25) is 0 Å². The SMILES string of the molecule is COc1cccc(CC(CO)c2cccc(C)c2)c1F. The molecule has 2 aromatic carbocycles. The van der Waals surface area contributed by atoms with E-state index in [0.717, 1.165) is 11.1 Å². The minimum atomic E-state index is -0.346. The molecule has 2 aromatic rings. The van der Waals surface area contributed by atoms with Gasteiger partial charge < -0.3 is 9.84 Å². The van der Waals surface area contributed by atoms with Gasteiger partial charge in [-0.15, -0.1) is 0 Å². The summed E-state index contributed by atoms with van der Waals surface area (Å²) in [5, 5.41) is 9.60. The largest absolute Gasteiger partial charge is 0.494 e. The molecule has 3 heteroatoms. The van der Waals surface area contributed by atoms with Crippen LogP contribution in [0, 0.1) is 12.7 Å². The van der Waals surface area contributed by atoms with E-state index in [-0.39, 0.29) is 24.1 Å². The van der Waals surface area contributed by atoms with Gasteiger partial charge in [-0.1, -0.05) is 42.0 Å². The Morgan fingerprint density at radius 3 is 2.60 bits per heavy atom. The molecule has 0 bridgehead atoms. The molecule has 0 radical (unpaired) electrons. The standard InChI is InChI=1S/C17H19FO2/c1-12-5-3-6-13(9-12)15(11-19)10-14-7-4-8-16(20-2)17(14)18/h3-9,15,19H,10-11H2,1-2H3. The van der Waals surface area contributed by atoms with Crippen molar-refractivity contribution < 1.29 is 14.2 Å². The maximum atomic E-state index is 14.2. The maximum absolute atomic E-state index is 14.2. The molecule has 0 spiro atoms. The Balaban J connectivity index is 2.27. The molecular formula is C17H19FO2. The van der Waals surface area contributed by atoms with Gasteiger partial charge in [-0.25, -0.2) is 4.39 Å². The third-order valence-electron chi connectivity index (χ3n) is 3.46. The summed E-state index contributed by atoms with van der Waals surface area (Å²) >= 11 is 0. The molecule has 2 rings (SSSR count). The zero-order valence-corrected chi connectivity index (χ0v) is 11.8. The van der Waals surface area contributed by atoms with Crippen molar-refractivity contribution in [2.75, 3.05) is 13.7 Å². The lowest BCUT2D eigenvalue weighted by atomic mass is 9.91. The van der Waals surface area contributed by atoms with E-state index in [1.807, 2.05) is 31.2 Å². The molecule has 0 aliphatic heterocycles. The molecule has 2 nitrogen and oxygen atoms in total. The Bertz CT molecular complexity index is 581. The smallest absolute Gasteiger partial charge is 0.168 e. The van der Waals surface area contributed by atoms with Crippen molar-refractivity contribution >= 4 is 0 Å². The Morgan fingerprint density at radius 2 is 1.95 bits per heavy atom. The van der Waals surface area contributed by atoms with Gasteiger partial charge in [0.05, 0.1) is 13.7 Å². The van der Waals surface area contributed by atoms with Crippen LogP contribution in [0.15, 0.2) is 42.5 Å². The minimum absolute atomic E-state index is 0.0138. The molecule has 0 saturated heterocycles. The molecule has 0 saturated carbocycles. The van der Waals surface area contributed by atoms with Crippen molar-refractivity contribution in [3.05, 3.63) is 65.0 Å². The van der Waals surface area contributed by atoms with Crippen molar-refractivity contribution in [2.24, 2.45) is 0 Å². The normalized spacial score (nSPS) is 12.2. The van der Waals surface area contributed by atoms with E-state index in [1.165, 1.54) is 7.11 Å². The van der Waals surface area contributed by atoms with Crippen molar-refractivity contribution in [2.45, 2.75) is 19.3 Å². The molecule has 0 heterocycles. The molecule has 0 amide bonds. The molecule has 1 unspecified atom stereocenters. The predicted molar refractivity (Wildman–Crippen MR) is 77.7 cm³/mol. The van der Waals surface area contributed by atoms with Gasteiger partial charge in [0, 0.05) is 5.92 Å². The third-order valence-corrected chi connectivity index (χ3v) is 3.46. The average Bonchev–Trinajstić information content (AvgIpc) is 2.46. The number of methoxy groups -OCH3 is 1. The first kappa shape index (κ1) is 14.5. The minimum Gasteiger partial charge on any atom is -0.494 e. The molecule has 0 aromatic heterocycles. The summed E-state index contributed by atoms with van der Waals surface area (Å²) in [6.45, 7) is 1.99. The van der Waals surface area contributed by atoms with Crippen LogP contribution in [-0.4, -0.2) is 18.8 Å². The summed E-state index contributed by atoms with van der Waals surface area (Å²) < 4.78 is 19.1. The topological polar surface area (TPSA) is 29.5 Å². The van der Waals surface area contributed by atoms with E-state index in [4.69, 9.17) is 4.74 Å². The van der Waals surface area contributed by atoms with Gasteiger partial charge in [0.1, 0.15) is 0 Å². The average molecular weight is 274 g/mol. The second-order valence-electron chi connectivity index (χ2n) is 4.93. The van der Waals surface area contributed by atoms with Crippen LogP contribution in [0.3, 0.4) is 0 Å². The lowest BCUT2D eigenvalue weighted by Gasteiger charge is -2.16. The summed E-state index contributed by atoms with van der Waals surface area (Å²) in [6, 6.07) is 13.0. The number of rotatable bonds is 5. The molecule has 1 atom stereocenters. The number of hydrogen-bond donors (Lipinski definition) is 1. The van der Waals surface area contributed by atoms with Crippen molar-refractivity contribution in [1.82, 2.24) is 0 Å². The zero-order valence-electron chi connectivity index (χ0n) is 11.8. The van der Waals surface area contributed by atoms with Gasteiger partial charge >= 0.3 is 0 Å². The second kappa shape index (κ2) is 6.53. The predicted octanol–water partition coefficient (Wildman–Crippen LogP) is 3.46. The van der Waals surface area contributed by atoms with E-state index < -0.39 is 0 Å². The number of halogens is 1. The number of aryl methyl sites for hydroxylation is 1. The van der Waals surface area contributed by atoms with Crippen LogP contribution in [0.5, 0.6) is 5.75 Å². The number of ether oxygens (including phenoxy) is 1. The first-order valence-electron chi connectivity index (χ1n) is 6.64. The van der Waals surface area contributed by atoms with E-state index >= 15 is 0 Å². The summed E-state index contributed by atoms with van der Waals surface area (Å²) in [7, 11) is 1.45. The van der Waals surface area contributed by atoms with Gasteiger partial charge in [-0.05, 0) is 30.5 Å². The number of aliphatic hydroxyl groups excluding tert-OH is 1. The molecule has 106 valence electrons. The van der Waals surface area contributed by atoms with Crippen LogP contribution in [0.4, 0.5) is 4.39 Å². The fraction of sp³-hybridized carbons (Fsp3) is 0.294. The number of aliphatic hydroxyl groups is 1. The van der Waals surface area contributed by atoms with E-state index in [1.54, 1.807) is 18.2 Å². The first-order valence-corrected chi connectivity index (χ1v) is 6.64. The van der Waals surface area contributed by atoms with Crippen LogP contribution in [0.2, 0.25) is 0 Å². The highest BCUT2D eigenvalue weighted by atomic mass is 19.1. The second-order valence-corrected chi connectivity index (χ2v) is 4.93. The maximum Gasteiger partial charge on any atom is 0.168 e. The third kappa shape index (κ3) is 3.17. The molecule has 1 N–H and O–H groups in total. The Morgan fingerprint density at radius 1 is 1.20 bits per heavy atom. The Hall–Kier alpha value is -1.87. The van der Waals surface area contributed by atoms with Crippen LogP contribution in [-0.2, 0) is 6.42 Å². The van der Waals surface area contributed by atoms with Crippen LogP contribution in [0.25, 0.3) is 0 Å². The summed E-state index contributed by atoms with van der Waals surface area (Å²) in [5.41, 5.74) is 2.71. The van der Waals surface area contributed by atoms with Gasteiger partial charge in [-0.3, -0.25) is 0 Å². The highest BCUT2D eigenvalue weighted by Crippen LogP contribution is 2.26. The monoisotopic (exact) mass is 274 g/mol. The van der Waals surface area contributed by atoms with E-state index in [0.29, 0.717) is 12.0 Å². The van der Waals surface area contributed by atoms with Gasteiger partial charge in [-0.2, -0.15) is 0 Å². The highest BCUT2D eigenvalue weighted by molar-refractivity contribution is 5.33. The van der Waals surface area contributed by atoms with Crippen molar-refractivity contribution in [1.29, 1.82) is 0 Å². The lowest BCUT2D eigenvalue weighted by molar-refractivity contribution is 0.263. The molecule has 0 fully saturated rings. The number of hydrogen-bond acceptors (Lipinski definition) is 2. The van der Waals surface area contributed by atoms with Crippen LogP contribution in [0.1, 0.15) is 22.6 Å². The molecule has 20 heavy (non-hydrogen) atoms. The van der Waals surface area contributed by atoms with Crippen LogP contribution >= 0.6 is 0 Å². The summed E-state index contributed by atoms with van der Waals surface area (Å²) in [5.74, 6) is -0.221. The fourth-order valence-electron chi connectivity index (χ4n) is 2.35. The quantitative estimate of drug-likeness (QED) is 0.904. The number of benzene rings is 2. The Kier molecular flexibility index (Phi) is 4.74. The molecule has 0 aliphatic carbocycles. The summed E-state index contributed by atoms with van der Waals surface area (Å²) in [6.07, 6.45) is 0.447. The first-order chi connectivity index (χ1) is 9.65. The van der Waals surface area contributed by atoms with E-state index in [2.05, 4.69) is 0 Å². The zero-order chi connectivity index (χ0) is 14.5.